The molecule has 1 aliphatic rings. The van der Waals surface area contributed by atoms with E-state index in [0.29, 0.717) is 12.3 Å². The van der Waals surface area contributed by atoms with Gasteiger partial charge in [0, 0.05) is 0 Å². The fourth-order valence-corrected chi connectivity index (χ4v) is 3.77. The minimum Gasteiger partial charge on any atom is -0.174 e. The Labute approximate surface area is 140 Å². The minimum absolute atomic E-state index is 0.327. The molecule has 0 heterocycles. The standard InChI is InChI=1S/C21H30F2/c1-2-3-4-5-6-17-7-12-19(13-8-17)20-14-9-18(10-15-20)11-16-21(22)23/h9-10,14-17,19H,2-8,11-13H2,1H3/t17-,19-. The molecular formula is C21H30F2. The Hall–Kier alpha value is -1.18. The smallest absolute Gasteiger partial charge is 0.174 e. The van der Waals surface area contributed by atoms with Gasteiger partial charge in [-0.05, 0) is 61.1 Å². The van der Waals surface area contributed by atoms with Gasteiger partial charge in [0.25, 0.3) is 6.08 Å². The van der Waals surface area contributed by atoms with Crippen molar-refractivity contribution >= 4 is 0 Å². The average Bonchev–Trinajstić information content (AvgIpc) is 2.58. The molecule has 0 saturated heterocycles. The zero-order valence-corrected chi connectivity index (χ0v) is 14.4. The summed E-state index contributed by atoms with van der Waals surface area (Å²) in [5, 5.41) is 0. The lowest BCUT2D eigenvalue weighted by Gasteiger charge is -2.29. The molecule has 2 rings (SSSR count). The van der Waals surface area contributed by atoms with Gasteiger partial charge in [-0.3, -0.25) is 0 Å². The third-order valence-corrected chi connectivity index (χ3v) is 5.26. The summed E-state index contributed by atoms with van der Waals surface area (Å²) < 4.78 is 24.2. The number of halogens is 2. The second-order valence-corrected chi connectivity index (χ2v) is 7.01. The number of unbranched alkanes of at least 4 members (excludes halogenated alkanes) is 3. The van der Waals surface area contributed by atoms with Crippen molar-refractivity contribution < 1.29 is 8.78 Å². The van der Waals surface area contributed by atoms with E-state index in [4.69, 9.17) is 0 Å². The third-order valence-electron chi connectivity index (χ3n) is 5.26. The molecule has 1 aliphatic carbocycles. The summed E-state index contributed by atoms with van der Waals surface area (Å²) in [6, 6.07) is 8.30. The molecule has 0 nitrogen and oxygen atoms in total. The molecule has 0 unspecified atom stereocenters. The Morgan fingerprint density at radius 3 is 2.30 bits per heavy atom. The van der Waals surface area contributed by atoms with Gasteiger partial charge in [-0.15, -0.1) is 0 Å². The maximum absolute atomic E-state index is 12.1. The first kappa shape index (κ1) is 18.2. The quantitative estimate of drug-likeness (QED) is 0.442. The molecule has 0 N–H and O–H groups in total. The largest absolute Gasteiger partial charge is 0.266 e. The second-order valence-electron chi connectivity index (χ2n) is 7.01. The molecule has 0 radical (unpaired) electrons. The van der Waals surface area contributed by atoms with Crippen molar-refractivity contribution in [2.45, 2.75) is 77.0 Å². The van der Waals surface area contributed by atoms with Crippen LogP contribution in [0.25, 0.3) is 0 Å². The Kier molecular flexibility index (Phi) is 7.78. The lowest BCUT2D eigenvalue weighted by atomic mass is 9.77. The number of benzene rings is 1. The molecule has 0 aliphatic heterocycles. The van der Waals surface area contributed by atoms with Crippen molar-refractivity contribution in [3.63, 3.8) is 0 Å². The van der Waals surface area contributed by atoms with Crippen molar-refractivity contribution in [3.05, 3.63) is 47.5 Å². The maximum atomic E-state index is 12.1. The van der Waals surface area contributed by atoms with Crippen molar-refractivity contribution in [2.75, 3.05) is 0 Å². The average molecular weight is 320 g/mol. The highest BCUT2D eigenvalue weighted by atomic mass is 19.3. The number of hydrogen-bond donors (Lipinski definition) is 0. The van der Waals surface area contributed by atoms with Gasteiger partial charge in [-0.2, -0.15) is 8.78 Å². The van der Waals surface area contributed by atoms with Crippen LogP contribution in [-0.2, 0) is 6.42 Å². The summed E-state index contributed by atoms with van der Waals surface area (Å²) >= 11 is 0. The van der Waals surface area contributed by atoms with E-state index in [1.54, 1.807) is 0 Å². The first-order chi connectivity index (χ1) is 11.2. The molecule has 2 heteroatoms. The van der Waals surface area contributed by atoms with Gasteiger partial charge in [0.2, 0.25) is 0 Å². The second kappa shape index (κ2) is 9.85. The Balaban J connectivity index is 1.75. The topological polar surface area (TPSA) is 0 Å². The van der Waals surface area contributed by atoms with E-state index in [2.05, 4.69) is 19.1 Å². The Morgan fingerprint density at radius 1 is 1.00 bits per heavy atom. The van der Waals surface area contributed by atoms with Crippen LogP contribution in [0, 0.1) is 5.92 Å². The van der Waals surface area contributed by atoms with Gasteiger partial charge in [0.15, 0.2) is 0 Å². The molecule has 1 saturated carbocycles. The van der Waals surface area contributed by atoms with Gasteiger partial charge >= 0.3 is 0 Å². The zero-order chi connectivity index (χ0) is 16.5. The van der Waals surface area contributed by atoms with Crippen LogP contribution in [0.5, 0.6) is 0 Å². The van der Waals surface area contributed by atoms with Crippen molar-refractivity contribution in [2.24, 2.45) is 5.92 Å². The van der Waals surface area contributed by atoms with Gasteiger partial charge < -0.3 is 0 Å². The SMILES string of the molecule is CCCCCC[C@H]1CC[C@H](c2ccc(CC=C(F)F)cc2)CC1. The highest BCUT2D eigenvalue weighted by Gasteiger charge is 2.21. The molecular weight excluding hydrogens is 290 g/mol. The van der Waals surface area contributed by atoms with E-state index >= 15 is 0 Å². The van der Waals surface area contributed by atoms with E-state index in [1.165, 1.54) is 63.4 Å². The molecule has 0 spiro atoms. The molecule has 0 bridgehead atoms. The predicted octanol–water partition coefficient (Wildman–Crippen LogP) is 7.25. The molecule has 23 heavy (non-hydrogen) atoms. The summed E-state index contributed by atoms with van der Waals surface area (Å²) in [5.41, 5.74) is 2.36. The molecule has 1 aromatic carbocycles. The molecule has 0 atom stereocenters. The summed E-state index contributed by atoms with van der Waals surface area (Å²) in [6.45, 7) is 2.26. The van der Waals surface area contributed by atoms with E-state index in [1.807, 2.05) is 12.1 Å². The van der Waals surface area contributed by atoms with Gasteiger partial charge in [-0.1, -0.05) is 63.3 Å². The van der Waals surface area contributed by atoms with Crippen LogP contribution in [0.4, 0.5) is 8.78 Å². The van der Waals surface area contributed by atoms with Gasteiger partial charge in [-0.25, -0.2) is 0 Å². The van der Waals surface area contributed by atoms with Crippen molar-refractivity contribution in [1.82, 2.24) is 0 Å². The summed E-state index contributed by atoms with van der Waals surface area (Å²) in [7, 11) is 0. The molecule has 0 amide bonds. The monoisotopic (exact) mass is 320 g/mol. The summed E-state index contributed by atoms with van der Waals surface area (Å²) in [4.78, 5) is 0. The van der Waals surface area contributed by atoms with Crippen LogP contribution in [0.3, 0.4) is 0 Å². The predicted molar refractivity (Wildman–Crippen MR) is 93.9 cm³/mol. The normalized spacial score (nSPS) is 21.2. The van der Waals surface area contributed by atoms with Crippen molar-refractivity contribution in [1.29, 1.82) is 0 Å². The highest BCUT2D eigenvalue weighted by Crippen LogP contribution is 2.37. The third kappa shape index (κ3) is 6.45. The number of rotatable bonds is 8. The fraction of sp³-hybridized carbons (Fsp3) is 0.619. The maximum Gasteiger partial charge on any atom is 0.266 e. The van der Waals surface area contributed by atoms with Gasteiger partial charge in [0.1, 0.15) is 0 Å². The fourth-order valence-electron chi connectivity index (χ4n) is 3.77. The lowest BCUT2D eigenvalue weighted by molar-refractivity contribution is 0.302. The van der Waals surface area contributed by atoms with Crippen LogP contribution in [-0.4, -0.2) is 0 Å². The Morgan fingerprint density at radius 2 is 1.70 bits per heavy atom. The van der Waals surface area contributed by atoms with E-state index < -0.39 is 6.08 Å². The van der Waals surface area contributed by atoms with Crippen LogP contribution >= 0.6 is 0 Å². The zero-order valence-electron chi connectivity index (χ0n) is 14.4. The minimum atomic E-state index is -1.59. The number of allylic oxidation sites excluding steroid dienone is 1. The van der Waals surface area contributed by atoms with E-state index in [-0.39, 0.29) is 0 Å². The molecule has 1 fully saturated rings. The first-order valence-electron chi connectivity index (χ1n) is 9.29. The molecule has 0 aromatic heterocycles. The lowest BCUT2D eigenvalue weighted by Crippen LogP contribution is -2.13. The molecule has 1 aromatic rings. The van der Waals surface area contributed by atoms with Gasteiger partial charge in [0.05, 0.1) is 0 Å². The van der Waals surface area contributed by atoms with Crippen LogP contribution in [0.1, 0.15) is 81.8 Å². The van der Waals surface area contributed by atoms with Crippen LogP contribution in [0.2, 0.25) is 0 Å². The first-order valence-corrected chi connectivity index (χ1v) is 9.29. The number of hydrogen-bond acceptors (Lipinski definition) is 0. The Bertz CT molecular complexity index is 463. The summed E-state index contributed by atoms with van der Waals surface area (Å²) in [6.07, 6.45) is 11.9. The summed E-state index contributed by atoms with van der Waals surface area (Å²) in [5.74, 6) is 1.60. The van der Waals surface area contributed by atoms with Crippen molar-refractivity contribution in [3.8, 4) is 0 Å². The van der Waals surface area contributed by atoms with E-state index in [9.17, 15) is 8.78 Å². The molecule has 128 valence electrons. The van der Waals surface area contributed by atoms with E-state index in [0.717, 1.165) is 17.6 Å². The highest BCUT2D eigenvalue weighted by molar-refractivity contribution is 5.27. The van der Waals surface area contributed by atoms with Crippen LogP contribution < -0.4 is 0 Å². The van der Waals surface area contributed by atoms with Crippen LogP contribution in [0.15, 0.2) is 36.4 Å².